The van der Waals surface area contributed by atoms with Crippen LogP contribution < -0.4 is 5.32 Å². The molecule has 1 heteroatoms. The molecule has 1 aromatic carbocycles. The van der Waals surface area contributed by atoms with Crippen molar-refractivity contribution in [1.82, 2.24) is 5.32 Å². The van der Waals surface area contributed by atoms with Crippen LogP contribution in [0.5, 0.6) is 0 Å². The van der Waals surface area contributed by atoms with Crippen molar-refractivity contribution in [3.8, 4) is 0 Å². The van der Waals surface area contributed by atoms with Crippen LogP contribution in [0.15, 0.2) is 30.3 Å². The first kappa shape index (κ1) is 15.1. The fraction of sp³-hybridized carbons (Fsp3) is 0.700. The molecule has 0 spiro atoms. The molecule has 0 aromatic heterocycles. The average Bonchev–Trinajstić information content (AvgIpc) is 2.57. The maximum absolute atomic E-state index is 4.05. The molecule has 3 rings (SSSR count). The molecular weight excluding hydrogens is 254 g/mol. The fourth-order valence-corrected chi connectivity index (χ4v) is 4.47. The lowest BCUT2D eigenvalue weighted by atomic mass is 9.78. The second kappa shape index (κ2) is 7.45. The summed E-state index contributed by atoms with van der Waals surface area (Å²) in [4.78, 5) is 0. The van der Waals surface area contributed by atoms with Gasteiger partial charge in [0.15, 0.2) is 0 Å². The van der Waals surface area contributed by atoms with Crippen molar-refractivity contribution in [2.24, 2.45) is 5.92 Å². The summed E-state index contributed by atoms with van der Waals surface area (Å²) in [6.07, 6.45) is 12.6. The molecule has 0 bridgehead atoms. The molecule has 0 saturated heterocycles. The first-order valence-corrected chi connectivity index (χ1v) is 9.17. The summed E-state index contributed by atoms with van der Waals surface area (Å²) in [6.45, 7) is 2.35. The molecule has 2 atom stereocenters. The Bertz CT molecular complexity index is 405. The lowest BCUT2D eigenvalue weighted by Gasteiger charge is -2.38. The van der Waals surface area contributed by atoms with Crippen LogP contribution in [-0.2, 0) is 0 Å². The summed E-state index contributed by atoms with van der Waals surface area (Å²) in [6, 6.07) is 12.7. The zero-order chi connectivity index (χ0) is 14.5. The molecule has 0 heterocycles. The monoisotopic (exact) mass is 285 g/mol. The van der Waals surface area contributed by atoms with Gasteiger partial charge >= 0.3 is 0 Å². The van der Waals surface area contributed by atoms with Crippen LogP contribution in [-0.4, -0.2) is 12.1 Å². The summed E-state index contributed by atoms with van der Waals surface area (Å²) in [5.41, 5.74) is 1.55. The predicted octanol–water partition coefficient (Wildman–Crippen LogP) is 5.27. The second-order valence-electron chi connectivity index (χ2n) is 7.20. The standard InChI is InChI=1S/C20H31N/c1-2-16-12-14-18(15-13-16)21-20-11-7-6-10-19(20)17-8-4-3-5-9-17/h3-5,8-9,16,18-21H,2,6-7,10-15H2,1H3. The molecule has 116 valence electrons. The maximum Gasteiger partial charge on any atom is 0.0138 e. The largest absolute Gasteiger partial charge is 0.311 e. The van der Waals surface area contributed by atoms with E-state index in [1.807, 2.05) is 0 Å². The summed E-state index contributed by atoms with van der Waals surface area (Å²) in [7, 11) is 0. The topological polar surface area (TPSA) is 12.0 Å². The fourth-order valence-electron chi connectivity index (χ4n) is 4.47. The molecular formula is C20H31N. The molecule has 2 saturated carbocycles. The molecule has 2 aliphatic rings. The van der Waals surface area contributed by atoms with Crippen molar-refractivity contribution >= 4 is 0 Å². The van der Waals surface area contributed by atoms with Crippen molar-refractivity contribution < 1.29 is 0 Å². The first-order valence-electron chi connectivity index (χ1n) is 9.17. The summed E-state index contributed by atoms with van der Waals surface area (Å²) in [5.74, 6) is 1.74. The summed E-state index contributed by atoms with van der Waals surface area (Å²) >= 11 is 0. The maximum atomic E-state index is 4.05. The molecule has 1 nitrogen and oxygen atoms in total. The molecule has 0 radical (unpaired) electrons. The van der Waals surface area contributed by atoms with E-state index in [2.05, 4.69) is 42.6 Å². The molecule has 2 aliphatic carbocycles. The van der Waals surface area contributed by atoms with Gasteiger partial charge in [-0.05, 0) is 55.9 Å². The van der Waals surface area contributed by atoms with E-state index in [4.69, 9.17) is 0 Å². The van der Waals surface area contributed by atoms with Gasteiger partial charge in [-0.25, -0.2) is 0 Å². The van der Waals surface area contributed by atoms with Crippen molar-refractivity contribution in [3.63, 3.8) is 0 Å². The van der Waals surface area contributed by atoms with Gasteiger partial charge < -0.3 is 5.32 Å². The Kier molecular flexibility index (Phi) is 5.35. The molecule has 2 unspecified atom stereocenters. The van der Waals surface area contributed by atoms with Crippen molar-refractivity contribution in [2.75, 3.05) is 0 Å². The molecule has 21 heavy (non-hydrogen) atoms. The second-order valence-corrected chi connectivity index (χ2v) is 7.20. The van der Waals surface area contributed by atoms with Crippen molar-refractivity contribution in [1.29, 1.82) is 0 Å². The van der Waals surface area contributed by atoms with Crippen LogP contribution in [0.3, 0.4) is 0 Å². The van der Waals surface area contributed by atoms with Gasteiger partial charge in [0, 0.05) is 12.1 Å². The predicted molar refractivity (Wildman–Crippen MR) is 90.6 cm³/mol. The third kappa shape index (κ3) is 3.88. The Morgan fingerprint density at radius 2 is 1.62 bits per heavy atom. The van der Waals surface area contributed by atoms with E-state index in [1.165, 1.54) is 57.8 Å². The van der Waals surface area contributed by atoms with Gasteiger partial charge in [0.2, 0.25) is 0 Å². The zero-order valence-corrected chi connectivity index (χ0v) is 13.6. The SMILES string of the molecule is CCC1CCC(NC2CCCCC2c2ccccc2)CC1. The average molecular weight is 285 g/mol. The Morgan fingerprint density at radius 1 is 0.905 bits per heavy atom. The van der Waals surface area contributed by atoms with E-state index < -0.39 is 0 Å². The third-order valence-corrected chi connectivity index (χ3v) is 5.87. The Hall–Kier alpha value is -0.820. The van der Waals surface area contributed by atoms with Crippen molar-refractivity contribution in [2.45, 2.75) is 82.7 Å². The van der Waals surface area contributed by atoms with Crippen molar-refractivity contribution in [3.05, 3.63) is 35.9 Å². The van der Waals surface area contributed by atoms with Crippen LogP contribution in [0.4, 0.5) is 0 Å². The van der Waals surface area contributed by atoms with Crippen LogP contribution in [0.25, 0.3) is 0 Å². The quantitative estimate of drug-likeness (QED) is 0.794. The van der Waals surface area contributed by atoms with Gasteiger partial charge in [0.05, 0.1) is 0 Å². The number of rotatable bonds is 4. The molecule has 1 N–H and O–H groups in total. The first-order chi connectivity index (χ1) is 10.4. The van der Waals surface area contributed by atoms with E-state index in [0.717, 1.165) is 17.9 Å². The van der Waals surface area contributed by atoms with Crippen LogP contribution >= 0.6 is 0 Å². The minimum Gasteiger partial charge on any atom is -0.311 e. The van der Waals surface area contributed by atoms with Crippen LogP contribution in [0, 0.1) is 5.92 Å². The van der Waals surface area contributed by atoms with Gasteiger partial charge in [-0.2, -0.15) is 0 Å². The lowest BCUT2D eigenvalue weighted by Crippen LogP contribution is -2.44. The Morgan fingerprint density at radius 3 is 2.33 bits per heavy atom. The minimum atomic E-state index is 0.712. The highest BCUT2D eigenvalue weighted by atomic mass is 15.0. The van der Waals surface area contributed by atoms with Gasteiger partial charge in [-0.1, -0.05) is 56.5 Å². The van der Waals surface area contributed by atoms with E-state index >= 15 is 0 Å². The zero-order valence-electron chi connectivity index (χ0n) is 13.6. The number of hydrogen-bond acceptors (Lipinski definition) is 1. The van der Waals surface area contributed by atoms with E-state index in [-0.39, 0.29) is 0 Å². The number of nitrogens with one attached hydrogen (secondary N) is 1. The van der Waals surface area contributed by atoms with Gasteiger partial charge in [-0.3, -0.25) is 0 Å². The smallest absolute Gasteiger partial charge is 0.0138 e. The number of benzene rings is 1. The van der Waals surface area contributed by atoms with Gasteiger partial charge in [0.1, 0.15) is 0 Å². The van der Waals surface area contributed by atoms with Gasteiger partial charge in [-0.15, -0.1) is 0 Å². The van der Waals surface area contributed by atoms with Crippen LogP contribution in [0.2, 0.25) is 0 Å². The lowest BCUT2D eigenvalue weighted by molar-refractivity contribution is 0.234. The van der Waals surface area contributed by atoms with E-state index in [0.29, 0.717) is 6.04 Å². The molecule has 0 aliphatic heterocycles. The normalized spacial score (nSPS) is 33.8. The highest BCUT2D eigenvalue weighted by molar-refractivity contribution is 5.22. The molecule has 2 fully saturated rings. The van der Waals surface area contributed by atoms with E-state index in [9.17, 15) is 0 Å². The Labute approximate surface area is 130 Å². The summed E-state index contributed by atoms with van der Waals surface area (Å²) < 4.78 is 0. The number of hydrogen-bond donors (Lipinski definition) is 1. The van der Waals surface area contributed by atoms with E-state index in [1.54, 1.807) is 5.56 Å². The third-order valence-electron chi connectivity index (χ3n) is 5.87. The minimum absolute atomic E-state index is 0.712. The van der Waals surface area contributed by atoms with Crippen LogP contribution in [0.1, 0.15) is 76.2 Å². The Balaban J connectivity index is 1.60. The summed E-state index contributed by atoms with van der Waals surface area (Å²) in [5, 5.41) is 4.05. The highest BCUT2D eigenvalue weighted by Gasteiger charge is 2.29. The molecule has 1 aromatic rings. The highest BCUT2D eigenvalue weighted by Crippen LogP contribution is 2.35. The molecule has 0 amide bonds. The van der Waals surface area contributed by atoms with Gasteiger partial charge in [0.25, 0.3) is 0 Å².